The summed E-state index contributed by atoms with van der Waals surface area (Å²) < 4.78 is 0. The Morgan fingerprint density at radius 1 is 1.07 bits per heavy atom. The molecule has 1 aliphatic rings. The van der Waals surface area contributed by atoms with Crippen molar-refractivity contribution < 1.29 is 4.79 Å². The van der Waals surface area contributed by atoms with Crippen molar-refractivity contribution in [2.24, 2.45) is 5.92 Å². The molecule has 0 N–H and O–H groups in total. The van der Waals surface area contributed by atoms with Gasteiger partial charge in [0.15, 0.2) is 0 Å². The zero-order chi connectivity index (χ0) is 18.5. The summed E-state index contributed by atoms with van der Waals surface area (Å²) >= 11 is 0. The van der Waals surface area contributed by atoms with Crippen LogP contribution < -0.4 is 0 Å². The highest BCUT2D eigenvalue weighted by molar-refractivity contribution is 6.05. The predicted octanol–water partition coefficient (Wildman–Crippen LogP) is 4.63. The molecule has 1 amide bonds. The van der Waals surface area contributed by atoms with Crippen LogP contribution in [-0.2, 0) is 6.54 Å². The van der Waals surface area contributed by atoms with E-state index < -0.39 is 0 Å². The van der Waals surface area contributed by atoms with E-state index in [9.17, 15) is 4.79 Å². The summed E-state index contributed by atoms with van der Waals surface area (Å²) in [6.45, 7) is 1.32. The fourth-order valence-electron chi connectivity index (χ4n) is 3.71. The number of hydrogen-bond donors (Lipinski definition) is 0. The molecule has 2 aromatic heterocycles. The maximum atomic E-state index is 13.5. The van der Waals surface area contributed by atoms with Crippen molar-refractivity contribution in [3.63, 3.8) is 0 Å². The minimum absolute atomic E-state index is 0.0395. The largest absolute Gasteiger partial charge is 0.334 e. The Hall–Kier alpha value is -3.01. The van der Waals surface area contributed by atoms with Crippen LogP contribution in [0.3, 0.4) is 0 Å². The third-order valence-corrected chi connectivity index (χ3v) is 5.10. The van der Waals surface area contributed by atoms with Gasteiger partial charge in [-0.3, -0.25) is 14.8 Å². The van der Waals surface area contributed by atoms with Gasteiger partial charge in [-0.25, -0.2) is 0 Å². The van der Waals surface area contributed by atoms with Crippen molar-refractivity contribution in [3.05, 3.63) is 84.3 Å². The fourth-order valence-corrected chi connectivity index (χ4v) is 3.71. The van der Waals surface area contributed by atoms with Crippen molar-refractivity contribution in [1.29, 1.82) is 0 Å². The van der Waals surface area contributed by atoms with E-state index in [1.54, 1.807) is 12.4 Å². The number of carbonyl (C=O) groups excluding carboxylic acids is 1. The van der Waals surface area contributed by atoms with Crippen LogP contribution in [0.25, 0.3) is 10.9 Å². The number of rotatable bonds is 5. The zero-order valence-corrected chi connectivity index (χ0v) is 15.3. The van der Waals surface area contributed by atoms with Crippen LogP contribution in [0.15, 0.2) is 73.2 Å². The van der Waals surface area contributed by atoms with E-state index in [1.165, 1.54) is 0 Å². The summed E-state index contributed by atoms with van der Waals surface area (Å²) in [5.41, 5.74) is 2.48. The molecule has 0 radical (unpaired) electrons. The van der Waals surface area contributed by atoms with Crippen LogP contribution in [0.4, 0.5) is 0 Å². The molecule has 0 spiro atoms. The number of hydrogen-bond acceptors (Lipinski definition) is 3. The molecular weight excluding hydrogens is 334 g/mol. The molecule has 0 saturated heterocycles. The molecular formula is C23H23N3O. The SMILES string of the molecule is O=C(c1cccc2cccnc12)N(Cc1cccnc1)CC1CC=CCC1. The Kier molecular flexibility index (Phi) is 5.24. The Balaban J connectivity index is 1.65. The molecule has 0 saturated carbocycles. The van der Waals surface area contributed by atoms with Gasteiger partial charge in [0.25, 0.3) is 5.91 Å². The summed E-state index contributed by atoms with van der Waals surface area (Å²) in [4.78, 5) is 24.1. The van der Waals surface area contributed by atoms with E-state index in [0.717, 1.165) is 42.3 Å². The van der Waals surface area contributed by atoms with Crippen LogP contribution in [0.5, 0.6) is 0 Å². The minimum atomic E-state index is 0.0395. The number of carbonyl (C=O) groups is 1. The van der Waals surface area contributed by atoms with Crippen molar-refractivity contribution in [2.45, 2.75) is 25.8 Å². The molecule has 4 heteroatoms. The Labute approximate surface area is 159 Å². The van der Waals surface area contributed by atoms with E-state index in [4.69, 9.17) is 0 Å². The number of para-hydroxylation sites is 1. The van der Waals surface area contributed by atoms with E-state index in [0.29, 0.717) is 18.0 Å². The summed E-state index contributed by atoms with van der Waals surface area (Å²) in [5.74, 6) is 0.538. The predicted molar refractivity (Wildman–Crippen MR) is 107 cm³/mol. The third kappa shape index (κ3) is 4.05. The normalized spacial score (nSPS) is 16.4. The van der Waals surface area contributed by atoms with Crippen LogP contribution in [0, 0.1) is 5.92 Å². The van der Waals surface area contributed by atoms with Gasteiger partial charge in [0, 0.05) is 37.1 Å². The second-order valence-electron chi connectivity index (χ2n) is 7.08. The van der Waals surface area contributed by atoms with Crippen molar-refractivity contribution in [2.75, 3.05) is 6.54 Å². The first kappa shape index (κ1) is 17.4. The molecule has 4 rings (SSSR count). The lowest BCUT2D eigenvalue weighted by atomic mass is 9.93. The quantitative estimate of drug-likeness (QED) is 0.626. The number of allylic oxidation sites excluding steroid dienone is 2. The molecule has 4 nitrogen and oxygen atoms in total. The van der Waals surface area contributed by atoms with Crippen molar-refractivity contribution in [1.82, 2.24) is 14.9 Å². The molecule has 2 heterocycles. The second-order valence-corrected chi connectivity index (χ2v) is 7.08. The topological polar surface area (TPSA) is 46.1 Å². The minimum Gasteiger partial charge on any atom is -0.334 e. The van der Waals surface area contributed by atoms with E-state index in [1.807, 2.05) is 53.6 Å². The molecule has 1 atom stereocenters. The first-order chi connectivity index (χ1) is 13.3. The monoisotopic (exact) mass is 357 g/mol. The van der Waals surface area contributed by atoms with Crippen LogP contribution >= 0.6 is 0 Å². The lowest BCUT2D eigenvalue weighted by molar-refractivity contribution is 0.0712. The average Bonchev–Trinajstić information content (AvgIpc) is 2.74. The van der Waals surface area contributed by atoms with Gasteiger partial charge < -0.3 is 4.90 Å². The van der Waals surface area contributed by atoms with Crippen molar-refractivity contribution >= 4 is 16.8 Å². The highest BCUT2D eigenvalue weighted by atomic mass is 16.2. The van der Waals surface area contributed by atoms with E-state index >= 15 is 0 Å². The maximum absolute atomic E-state index is 13.5. The Bertz CT molecular complexity index is 947. The Morgan fingerprint density at radius 3 is 2.78 bits per heavy atom. The number of nitrogens with zero attached hydrogens (tertiary/aromatic N) is 3. The second kappa shape index (κ2) is 8.12. The molecule has 136 valence electrons. The Morgan fingerprint density at radius 2 is 1.96 bits per heavy atom. The van der Waals surface area contributed by atoms with Gasteiger partial charge in [-0.1, -0.05) is 36.4 Å². The van der Waals surface area contributed by atoms with E-state index in [2.05, 4.69) is 22.1 Å². The first-order valence-electron chi connectivity index (χ1n) is 9.48. The summed E-state index contributed by atoms with van der Waals surface area (Å²) in [6.07, 6.45) is 13.1. The van der Waals surface area contributed by atoms with Gasteiger partial charge in [-0.05, 0) is 48.9 Å². The molecule has 0 fully saturated rings. The third-order valence-electron chi connectivity index (χ3n) is 5.10. The van der Waals surface area contributed by atoms with Gasteiger partial charge in [0.2, 0.25) is 0 Å². The van der Waals surface area contributed by atoms with Gasteiger partial charge in [0.05, 0.1) is 11.1 Å². The lowest BCUT2D eigenvalue weighted by Gasteiger charge is -2.28. The molecule has 1 aromatic carbocycles. The molecule has 3 aromatic rings. The number of aromatic nitrogens is 2. The highest BCUT2D eigenvalue weighted by Crippen LogP contribution is 2.23. The van der Waals surface area contributed by atoms with E-state index in [-0.39, 0.29) is 5.91 Å². The molecule has 1 unspecified atom stereocenters. The summed E-state index contributed by atoms with van der Waals surface area (Å²) in [7, 11) is 0. The fraction of sp³-hybridized carbons (Fsp3) is 0.261. The average molecular weight is 357 g/mol. The number of fused-ring (bicyclic) bond motifs is 1. The molecule has 1 aliphatic carbocycles. The van der Waals surface area contributed by atoms with Crippen LogP contribution in [0.1, 0.15) is 35.2 Å². The first-order valence-corrected chi connectivity index (χ1v) is 9.48. The standard InChI is InChI=1S/C23H23N3O/c27-23(21-12-4-10-20-11-6-14-25-22(20)21)26(16-18-7-2-1-3-8-18)17-19-9-5-13-24-15-19/h1-2,4-6,9-15,18H,3,7-8,16-17H2. The molecule has 27 heavy (non-hydrogen) atoms. The van der Waals surface area contributed by atoms with Crippen molar-refractivity contribution in [3.8, 4) is 0 Å². The highest BCUT2D eigenvalue weighted by Gasteiger charge is 2.23. The van der Waals surface area contributed by atoms with Gasteiger partial charge in [-0.2, -0.15) is 0 Å². The summed E-state index contributed by atoms with van der Waals surface area (Å²) in [5, 5.41) is 0.991. The van der Waals surface area contributed by atoms with Gasteiger partial charge in [0.1, 0.15) is 0 Å². The zero-order valence-electron chi connectivity index (χ0n) is 15.3. The smallest absolute Gasteiger partial charge is 0.256 e. The number of amides is 1. The number of benzene rings is 1. The molecule has 0 bridgehead atoms. The van der Waals surface area contributed by atoms with Gasteiger partial charge >= 0.3 is 0 Å². The van der Waals surface area contributed by atoms with Crippen LogP contribution in [0.2, 0.25) is 0 Å². The lowest BCUT2D eigenvalue weighted by Crippen LogP contribution is -2.35. The van der Waals surface area contributed by atoms with Crippen LogP contribution in [-0.4, -0.2) is 27.3 Å². The van der Waals surface area contributed by atoms with Gasteiger partial charge in [-0.15, -0.1) is 0 Å². The number of pyridine rings is 2. The maximum Gasteiger partial charge on any atom is 0.256 e. The summed E-state index contributed by atoms with van der Waals surface area (Å²) in [6, 6.07) is 13.7. The molecule has 0 aliphatic heterocycles.